The second-order valence-electron chi connectivity index (χ2n) is 4.87. The van der Waals surface area contributed by atoms with Crippen LogP contribution in [0.2, 0.25) is 0 Å². The lowest BCUT2D eigenvalue weighted by molar-refractivity contribution is -0.115. The Kier molecular flexibility index (Phi) is 5.83. The maximum absolute atomic E-state index is 11.9. The predicted octanol–water partition coefficient (Wildman–Crippen LogP) is 1.79. The molecule has 1 aliphatic rings. The van der Waals surface area contributed by atoms with Gasteiger partial charge in [-0.05, 0) is 31.4 Å². The van der Waals surface area contributed by atoms with Crippen molar-refractivity contribution in [2.24, 2.45) is 0 Å². The highest BCUT2D eigenvalue weighted by atomic mass is 16.5. The maximum Gasteiger partial charge on any atom is 0.238 e. The van der Waals surface area contributed by atoms with Crippen LogP contribution in [-0.2, 0) is 9.53 Å². The monoisotopic (exact) mass is 278 g/mol. The Balaban J connectivity index is 1.72. The van der Waals surface area contributed by atoms with Gasteiger partial charge in [0.25, 0.3) is 0 Å². The summed E-state index contributed by atoms with van der Waals surface area (Å²) < 4.78 is 10.8. The summed E-state index contributed by atoms with van der Waals surface area (Å²) in [6, 6.07) is 7.37. The van der Waals surface area contributed by atoms with Crippen LogP contribution in [0.25, 0.3) is 0 Å². The van der Waals surface area contributed by atoms with Crippen molar-refractivity contribution in [3.05, 3.63) is 24.3 Å². The molecule has 1 heterocycles. The van der Waals surface area contributed by atoms with E-state index in [4.69, 9.17) is 9.47 Å². The van der Waals surface area contributed by atoms with Gasteiger partial charge in [-0.3, -0.25) is 4.79 Å². The molecule has 1 saturated heterocycles. The van der Waals surface area contributed by atoms with E-state index in [2.05, 4.69) is 10.6 Å². The van der Waals surface area contributed by atoms with E-state index in [1.165, 1.54) is 6.42 Å². The van der Waals surface area contributed by atoms with Crippen LogP contribution in [0.3, 0.4) is 0 Å². The van der Waals surface area contributed by atoms with Gasteiger partial charge in [0, 0.05) is 13.2 Å². The first kappa shape index (κ1) is 14.8. The third kappa shape index (κ3) is 4.51. The molecule has 2 N–H and O–H groups in total. The average Bonchev–Trinajstić information content (AvgIpc) is 2.49. The van der Waals surface area contributed by atoms with E-state index in [0.29, 0.717) is 11.4 Å². The van der Waals surface area contributed by atoms with Gasteiger partial charge in [-0.25, -0.2) is 0 Å². The molecule has 0 spiro atoms. The maximum atomic E-state index is 11.9. The third-order valence-electron chi connectivity index (χ3n) is 3.31. The standard InChI is InChI=1S/C15H22N2O3/c1-19-14-8-3-2-7-13(14)17-15(18)11-16-10-12-6-4-5-9-20-12/h2-3,7-8,12,16H,4-6,9-11H2,1H3,(H,17,18). The van der Waals surface area contributed by atoms with E-state index in [0.717, 1.165) is 26.0 Å². The predicted molar refractivity (Wildman–Crippen MR) is 78.1 cm³/mol. The van der Waals surface area contributed by atoms with Crippen LogP contribution >= 0.6 is 0 Å². The summed E-state index contributed by atoms with van der Waals surface area (Å²) in [7, 11) is 1.59. The number of nitrogens with one attached hydrogen (secondary N) is 2. The first-order valence-corrected chi connectivity index (χ1v) is 7.05. The molecule has 0 bridgehead atoms. The van der Waals surface area contributed by atoms with Crippen molar-refractivity contribution in [3.63, 3.8) is 0 Å². The number of carbonyl (C=O) groups excluding carboxylic acids is 1. The first-order chi connectivity index (χ1) is 9.79. The highest BCUT2D eigenvalue weighted by Gasteiger charge is 2.14. The molecule has 0 radical (unpaired) electrons. The van der Waals surface area contributed by atoms with Crippen LogP contribution in [0.4, 0.5) is 5.69 Å². The number of methoxy groups -OCH3 is 1. The number of carbonyl (C=O) groups is 1. The molecular weight excluding hydrogens is 256 g/mol. The molecule has 1 fully saturated rings. The van der Waals surface area contributed by atoms with Gasteiger partial charge in [-0.15, -0.1) is 0 Å². The molecule has 20 heavy (non-hydrogen) atoms. The second kappa shape index (κ2) is 7.87. The Hall–Kier alpha value is -1.59. The summed E-state index contributed by atoms with van der Waals surface area (Å²) in [4.78, 5) is 11.9. The lowest BCUT2D eigenvalue weighted by atomic mass is 10.1. The largest absolute Gasteiger partial charge is 0.495 e. The van der Waals surface area contributed by atoms with Crippen molar-refractivity contribution in [1.29, 1.82) is 0 Å². The quantitative estimate of drug-likeness (QED) is 0.833. The van der Waals surface area contributed by atoms with Crippen LogP contribution in [0, 0.1) is 0 Å². The summed E-state index contributed by atoms with van der Waals surface area (Å²) in [5.74, 6) is 0.585. The van der Waals surface area contributed by atoms with Crippen molar-refractivity contribution < 1.29 is 14.3 Å². The molecule has 110 valence electrons. The Morgan fingerprint density at radius 2 is 2.25 bits per heavy atom. The number of amides is 1. The van der Waals surface area contributed by atoms with E-state index < -0.39 is 0 Å². The minimum atomic E-state index is -0.0784. The van der Waals surface area contributed by atoms with Crippen LogP contribution in [0.5, 0.6) is 5.75 Å². The molecular formula is C15H22N2O3. The zero-order valence-electron chi connectivity index (χ0n) is 11.9. The number of para-hydroxylation sites is 2. The fraction of sp³-hybridized carbons (Fsp3) is 0.533. The van der Waals surface area contributed by atoms with Crippen molar-refractivity contribution in [2.45, 2.75) is 25.4 Å². The van der Waals surface area contributed by atoms with Gasteiger partial charge in [-0.2, -0.15) is 0 Å². The number of hydrogen-bond acceptors (Lipinski definition) is 4. The highest BCUT2D eigenvalue weighted by Crippen LogP contribution is 2.22. The summed E-state index contributed by atoms with van der Waals surface area (Å²) in [6.07, 6.45) is 3.66. The zero-order valence-corrected chi connectivity index (χ0v) is 11.9. The number of ether oxygens (including phenoxy) is 2. The molecule has 5 heteroatoms. The Morgan fingerprint density at radius 1 is 1.40 bits per heavy atom. The molecule has 1 aliphatic heterocycles. The number of rotatable bonds is 6. The number of benzene rings is 1. The van der Waals surface area contributed by atoms with Crippen LogP contribution in [0.1, 0.15) is 19.3 Å². The smallest absolute Gasteiger partial charge is 0.238 e. The minimum absolute atomic E-state index is 0.0784. The first-order valence-electron chi connectivity index (χ1n) is 7.05. The highest BCUT2D eigenvalue weighted by molar-refractivity contribution is 5.93. The molecule has 1 aromatic carbocycles. The average molecular weight is 278 g/mol. The third-order valence-corrected chi connectivity index (χ3v) is 3.31. The fourth-order valence-electron chi connectivity index (χ4n) is 2.26. The molecule has 2 rings (SSSR count). The second-order valence-corrected chi connectivity index (χ2v) is 4.87. The minimum Gasteiger partial charge on any atom is -0.495 e. The normalized spacial score (nSPS) is 18.6. The van der Waals surface area contributed by atoms with E-state index in [-0.39, 0.29) is 18.6 Å². The van der Waals surface area contributed by atoms with E-state index in [9.17, 15) is 4.79 Å². The zero-order chi connectivity index (χ0) is 14.2. The van der Waals surface area contributed by atoms with Gasteiger partial charge in [0.05, 0.1) is 25.4 Å². The van der Waals surface area contributed by atoms with Gasteiger partial charge < -0.3 is 20.1 Å². The van der Waals surface area contributed by atoms with Crippen LogP contribution in [-0.4, -0.2) is 38.8 Å². The molecule has 1 amide bonds. The van der Waals surface area contributed by atoms with Crippen molar-refractivity contribution in [2.75, 3.05) is 32.1 Å². The number of hydrogen-bond donors (Lipinski definition) is 2. The van der Waals surface area contributed by atoms with Gasteiger partial charge >= 0.3 is 0 Å². The van der Waals surface area contributed by atoms with E-state index in [1.54, 1.807) is 7.11 Å². The van der Waals surface area contributed by atoms with Gasteiger partial charge in [0.15, 0.2) is 0 Å². The molecule has 0 aromatic heterocycles. The Morgan fingerprint density at radius 3 is 3.00 bits per heavy atom. The number of anilines is 1. The Bertz CT molecular complexity index is 431. The van der Waals surface area contributed by atoms with Crippen molar-refractivity contribution in [1.82, 2.24) is 5.32 Å². The molecule has 0 aliphatic carbocycles. The van der Waals surface area contributed by atoms with E-state index >= 15 is 0 Å². The molecule has 1 atom stereocenters. The molecule has 1 unspecified atom stereocenters. The van der Waals surface area contributed by atoms with Gasteiger partial charge in [-0.1, -0.05) is 12.1 Å². The molecule has 5 nitrogen and oxygen atoms in total. The van der Waals surface area contributed by atoms with Crippen LogP contribution < -0.4 is 15.4 Å². The molecule has 1 aromatic rings. The summed E-state index contributed by atoms with van der Waals surface area (Å²) in [5, 5.41) is 5.97. The molecule has 0 saturated carbocycles. The fourth-order valence-corrected chi connectivity index (χ4v) is 2.26. The summed E-state index contributed by atoms with van der Waals surface area (Å²) in [5.41, 5.74) is 0.690. The lowest BCUT2D eigenvalue weighted by Gasteiger charge is -2.22. The van der Waals surface area contributed by atoms with Crippen molar-refractivity contribution in [3.8, 4) is 5.75 Å². The van der Waals surface area contributed by atoms with Gasteiger partial charge in [0.1, 0.15) is 5.75 Å². The summed E-state index contributed by atoms with van der Waals surface area (Å²) in [6.45, 7) is 1.83. The Labute approximate surface area is 119 Å². The van der Waals surface area contributed by atoms with Crippen LogP contribution in [0.15, 0.2) is 24.3 Å². The van der Waals surface area contributed by atoms with Crippen molar-refractivity contribution >= 4 is 11.6 Å². The van der Waals surface area contributed by atoms with Gasteiger partial charge in [0.2, 0.25) is 5.91 Å². The SMILES string of the molecule is COc1ccccc1NC(=O)CNCC1CCCCO1. The summed E-state index contributed by atoms with van der Waals surface area (Å²) >= 11 is 0. The van der Waals surface area contributed by atoms with E-state index in [1.807, 2.05) is 24.3 Å². The topological polar surface area (TPSA) is 59.6 Å². The lowest BCUT2D eigenvalue weighted by Crippen LogP contribution is -2.36.